The van der Waals surface area contributed by atoms with E-state index in [9.17, 15) is 0 Å². The second kappa shape index (κ2) is 9.29. The van der Waals surface area contributed by atoms with E-state index in [-0.39, 0.29) is 0 Å². The van der Waals surface area contributed by atoms with Crippen molar-refractivity contribution in [1.82, 2.24) is 5.32 Å². The van der Waals surface area contributed by atoms with E-state index in [0.29, 0.717) is 6.04 Å². The molecule has 0 radical (unpaired) electrons. The SMILES string of the molecule is CCCCCCCCCN[C@@H](C)c1ccco1. The van der Waals surface area contributed by atoms with Gasteiger partial charge in [-0.1, -0.05) is 45.4 Å². The van der Waals surface area contributed by atoms with Crippen molar-refractivity contribution in [3.05, 3.63) is 24.2 Å². The fourth-order valence-corrected chi connectivity index (χ4v) is 2.04. The molecule has 1 aromatic heterocycles. The van der Waals surface area contributed by atoms with Crippen LogP contribution in [0.25, 0.3) is 0 Å². The molecule has 2 heteroatoms. The highest BCUT2D eigenvalue weighted by Gasteiger charge is 2.05. The maximum atomic E-state index is 5.36. The van der Waals surface area contributed by atoms with Gasteiger partial charge in [0, 0.05) is 0 Å². The van der Waals surface area contributed by atoms with Crippen LogP contribution in [0.4, 0.5) is 0 Å². The molecule has 0 aliphatic heterocycles. The first kappa shape index (κ1) is 14.3. The smallest absolute Gasteiger partial charge is 0.120 e. The Bertz CT molecular complexity index is 256. The lowest BCUT2D eigenvalue weighted by Gasteiger charge is -2.10. The highest BCUT2D eigenvalue weighted by atomic mass is 16.3. The van der Waals surface area contributed by atoms with Crippen molar-refractivity contribution in [2.75, 3.05) is 6.54 Å². The summed E-state index contributed by atoms with van der Waals surface area (Å²) in [7, 11) is 0. The van der Waals surface area contributed by atoms with Crippen LogP contribution in [0.1, 0.15) is 70.6 Å². The van der Waals surface area contributed by atoms with E-state index in [0.717, 1.165) is 12.3 Å². The topological polar surface area (TPSA) is 25.2 Å². The van der Waals surface area contributed by atoms with Crippen molar-refractivity contribution in [2.45, 2.75) is 64.8 Å². The van der Waals surface area contributed by atoms with Crippen LogP contribution in [-0.4, -0.2) is 6.54 Å². The Hall–Kier alpha value is -0.760. The standard InChI is InChI=1S/C15H27NO/c1-3-4-5-6-7-8-9-12-16-14(2)15-11-10-13-17-15/h10-11,13-14,16H,3-9,12H2,1-2H3/t14-/m0/s1. The van der Waals surface area contributed by atoms with Crippen LogP contribution in [-0.2, 0) is 0 Å². The molecule has 1 N–H and O–H groups in total. The van der Waals surface area contributed by atoms with Crippen LogP contribution >= 0.6 is 0 Å². The molecule has 17 heavy (non-hydrogen) atoms. The summed E-state index contributed by atoms with van der Waals surface area (Å²) < 4.78 is 5.36. The Balaban J connectivity index is 1.90. The van der Waals surface area contributed by atoms with Gasteiger partial charge in [-0.25, -0.2) is 0 Å². The summed E-state index contributed by atoms with van der Waals surface area (Å²) in [4.78, 5) is 0. The summed E-state index contributed by atoms with van der Waals surface area (Å²) in [5, 5.41) is 3.49. The van der Waals surface area contributed by atoms with Gasteiger partial charge < -0.3 is 9.73 Å². The van der Waals surface area contributed by atoms with E-state index in [1.54, 1.807) is 6.26 Å². The number of unbranched alkanes of at least 4 members (excludes halogenated alkanes) is 6. The molecule has 1 rings (SSSR count). The van der Waals surface area contributed by atoms with Gasteiger partial charge in [0.05, 0.1) is 12.3 Å². The van der Waals surface area contributed by atoms with Crippen LogP contribution in [0.3, 0.4) is 0 Å². The first-order valence-electron chi connectivity index (χ1n) is 7.11. The minimum Gasteiger partial charge on any atom is -0.468 e. The minimum absolute atomic E-state index is 0.338. The molecule has 0 spiro atoms. The van der Waals surface area contributed by atoms with Crippen molar-refractivity contribution < 1.29 is 4.42 Å². The first-order valence-corrected chi connectivity index (χ1v) is 7.11. The Labute approximate surface area is 106 Å². The molecular formula is C15H27NO. The van der Waals surface area contributed by atoms with Crippen LogP contribution in [0, 0.1) is 0 Å². The van der Waals surface area contributed by atoms with Crippen LogP contribution in [0.15, 0.2) is 22.8 Å². The maximum absolute atomic E-state index is 5.36. The molecule has 0 saturated carbocycles. The molecule has 2 nitrogen and oxygen atoms in total. The molecular weight excluding hydrogens is 210 g/mol. The van der Waals surface area contributed by atoms with Gasteiger partial charge in [0.25, 0.3) is 0 Å². The van der Waals surface area contributed by atoms with Gasteiger partial charge in [0.1, 0.15) is 5.76 Å². The van der Waals surface area contributed by atoms with Gasteiger partial charge in [0.2, 0.25) is 0 Å². The summed E-state index contributed by atoms with van der Waals surface area (Å²) in [6.07, 6.45) is 11.3. The van der Waals surface area contributed by atoms with E-state index >= 15 is 0 Å². The number of nitrogens with one attached hydrogen (secondary N) is 1. The molecule has 0 aliphatic rings. The monoisotopic (exact) mass is 237 g/mol. The van der Waals surface area contributed by atoms with Crippen molar-refractivity contribution in [3.63, 3.8) is 0 Å². The number of hydrogen-bond donors (Lipinski definition) is 1. The highest BCUT2D eigenvalue weighted by Crippen LogP contribution is 2.12. The van der Waals surface area contributed by atoms with E-state index < -0.39 is 0 Å². The molecule has 0 amide bonds. The quantitative estimate of drug-likeness (QED) is 0.598. The zero-order valence-electron chi connectivity index (χ0n) is 11.4. The molecule has 98 valence electrons. The maximum Gasteiger partial charge on any atom is 0.120 e. The second-order valence-electron chi connectivity index (χ2n) is 4.81. The van der Waals surface area contributed by atoms with E-state index in [1.807, 2.05) is 12.1 Å². The average Bonchev–Trinajstić information content (AvgIpc) is 2.86. The van der Waals surface area contributed by atoms with Crippen LogP contribution in [0.2, 0.25) is 0 Å². The second-order valence-corrected chi connectivity index (χ2v) is 4.81. The number of furan rings is 1. The normalized spacial score (nSPS) is 12.8. The fourth-order valence-electron chi connectivity index (χ4n) is 2.04. The predicted octanol–water partition coefficient (Wildman–Crippen LogP) is 4.68. The van der Waals surface area contributed by atoms with Crippen molar-refractivity contribution in [3.8, 4) is 0 Å². The summed E-state index contributed by atoms with van der Waals surface area (Å²) in [6, 6.07) is 4.31. The molecule has 1 aromatic rings. The highest BCUT2D eigenvalue weighted by molar-refractivity contribution is 5.02. The lowest BCUT2D eigenvalue weighted by atomic mass is 10.1. The Morgan fingerprint density at radius 2 is 1.82 bits per heavy atom. The molecule has 1 atom stereocenters. The van der Waals surface area contributed by atoms with E-state index in [4.69, 9.17) is 4.42 Å². The zero-order valence-corrected chi connectivity index (χ0v) is 11.4. The zero-order chi connectivity index (χ0) is 12.3. The summed E-state index contributed by atoms with van der Waals surface area (Å²) in [6.45, 7) is 5.51. The molecule has 1 heterocycles. The van der Waals surface area contributed by atoms with Crippen molar-refractivity contribution >= 4 is 0 Å². The Morgan fingerprint density at radius 3 is 2.47 bits per heavy atom. The Morgan fingerprint density at radius 1 is 1.12 bits per heavy atom. The molecule has 0 aromatic carbocycles. The third-order valence-electron chi connectivity index (χ3n) is 3.20. The van der Waals surface area contributed by atoms with Crippen molar-refractivity contribution in [2.24, 2.45) is 0 Å². The van der Waals surface area contributed by atoms with E-state index in [1.165, 1.54) is 44.9 Å². The molecule has 0 bridgehead atoms. The lowest BCUT2D eigenvalue weighted by molar-refractivity contribution is 0.425. The lowest BCUT2D eigenvalue weighted by Crippen LogP contribution is -2.19. The van der Waals surface area contributed by atoms with Gasteiger partial charge in [-0.05, 0) is 32.0 Å². The fraction of sp³-hybridized carbons (Fsp3) is 0.733. The van der Waals surface area contributed by atoms with Crippen molar-refractivity contribution in [1.29, 1.82) is 0 Å². The average molecular weight is 237 g/mol. The van der Waals surface area contributed by atoms with Gasteiger partial charge in [-0.2, -0.15) is 0 Å². The first-order chi connectivity index (χ1) is 8.34. The van der Waals surface area contributed by atoms with Crippen LogP contribution in [0.5, 0.6) is 0 Å². The molecule has 0 saturated heterocycles. The molecule has 0 fully saturated rings. The van der Waals surface area contributed by atoms with Gasteiger partial charge in [-0.15, -0.1) is 0 Å². The largest absolute Gasteiger partial charge is 0.468 e. The van der Waals surface area contributed by atoms with Gasteiger partial charge in [0.15, 0.2) is 0 Å². The Kier molecular flexibility index (Phi) is 7.81. The third-order valence-corrected chi connectivity index (χ3v) is 3.20. The summed E-state index contributed by atoms with van der Waals surface area (Å²) in [5.74, 6) is 1.04. The number of hydrogen-bond acceptors (Lipinski definition) is 2. The predicted molar refractivity (Wildman–Crippen MR) is 73.1 cm³/mol. The number of rotatable bonds is 10. The third kappa shape index (κ3) is 6.52. The van der Waals surface area contributed by atoms with Gasteiger partial charge in [-0.3, -0.25) is 0 Å². The summed E-state index contributed by atoms with van der Waals surface area (Å²) in [5.41, 5.74) is 0. The molecule has 0 unspecified atom stereocenters. The van der Waals surface area contributed by atoms with E-state index in [2.05, 4.69) is 19.2 Å². The minimum atomic E-state index is 0.338. The summed E-state index contributed by atoms with van der Waals surface area (Å²) >= 11 is 0. The van der Waals surface area contributed by atoms with Gasteiger partial charge >= 0.3 is 0 Å². The molecule has 0 aliphatic carbocycles. The van der Waals surface area contributed by atoms with Crippen LogP contribution < -0.4 is 5.32 Å².